The average molecular weight is 231 g/mol. The quantitative estimate of drug-likeness (QED) is 0.779. The van der Waals surface area contributed by atoms with E-state index in [4.69, 9.17) is 4.74 Å². The van der Waals surface area contributed by atoms with Gasteiger partial charge in [0, 0.05) is 30.1 Å². The molecule has 0 unspecified atom stereocenters. The van der Waals surface area contributed by atoms with Gasteiger partial charge in [-0.2, -0.15) is 11.8 Å². The number of ether oxygens (including phenoxy) is 1. The Morgan fingerprint density at radius 3 is 2.60 bits per heavy atom. The van der Waals surface area contributed by atoms with Gasteiger partial charge in [0.2, 0.25) is 0 Å². The maximum Gasteiger partial charge on any atom is 0.0579 e. The van der Waals surface area contributed by atoms with Gasteiger partial charge in [-0.05, 0) is 13.8 Å². The van der Waals surface area contributed by atoms with Crippen molar-refractivity contribution in [2.45, 2.75) is 18.6 Å². The van der Waals surface area contributed by atoms with Crippen LogP contribution in [0, 0.1) is 5.41 Å². The van der Waals surface area contributed by atoms with Crippen molar-refractivity contribution in [3.05, 3.63) is 0 Å². The van der Waals surface area contributed by atoms with Crippen LogP contribution in [0.5, 0.6) is 0 Å². The van der Waals surface area contributed by atoms with Crippen LogP contribution in [-0.4, -0.2) is 60.0 Å². The van der Waals surface area contributed by atoms with Crippen molar-refractivity contribution in [3.63, 3.8) is 0 Å². The molecule has 0 saturated carbocycles. The number of hydrogen-bond acceptors (Lipinski definition) is 4. The van der Waals surface area contributed by atoms with Crippen molar-refractivity contribution in [2.75, 3.05) is 45.2 Å². The molecule has 3 nitrogen and oxygen atoms in total. The highest BCUT2D eigenvalue weighted by Crippen LogP contribution is 2.33. The minimum Gasteiger partial charge on any atom is -0.396 e. The van der Waals surface area contributed by atoms with Crippen LogP contribution >= 0.6 is 11.8 Å². The van der Waals surface area contributed by atoms with Crippen LogP contribution in [0.15, 0.2) is 0 Å². The van der Waals surface area contributed by atoms with Crippen LogP contribution in [0.2, 0.25) is 0 Å². The van der Waals surface area contributed by atoms with E-state index in [1.54, 1.807) is 0 Å². The Kier molecular flexibility index (Phi) is 3.31. The number of aliphatic hydroxyl groups is 1. The van der Waals surface area contributed by atoms with E-state index >= 15 is 0 Å². The molecule has 2 heterocycles. The Hall–Kier alpha value is 0.230. The van der Waals surface area contributed by atoms with Gasteiger partial charge in [0.1, 0.15) is 0 Å². The zero-order chi connectivity index (χ0) is 10.9. The maximum atomic E-state index is 9.39. The van der Waals surface area contributed by atoms with Crippen molar-refractivity contribution in [1.29, 1.82) is 0 Å². The van der Waals surface area contributed by atoms with Gasteiger partial charge in [-0.1, -0.05) is 0 Å². The maximum absolute atomic E-state index is 9.39. The first-order chi connectivity index (χ1) is 7.05. The summed E-state index contributed by atoms with van der Waals surface area (Å²) >= 11 is 2.05. The van der Waals surface area contributed by atoms with Crippen LogP contribution in [-0.2, 0) is 4.74 Å². The fraction of sp³-hybridized carbons (Fsp3) is 1.00. The smallest absolute Gasteiger partial charge is 0.0579 e. The van der Waals surface area contributed by atoms with Crippen LogP contribution in [0.1, 0.15) is 13.8 Å². The highest BCUT2D eigenvalue weighted by atomic mass is 32.2. The lowest BCUT2D eigenvalue weighted by atomic mass is 9.86. The molecule has 15 heavy (non-hydrogen) atoms. The lowest BCUT2D eigenvalue weighted by molar-refractivity contribution is -0.148. The molecule has 2 aliphatic rings. The van der Waals surface area contributed by atoms with E-state index in [1.807, 2.05) is 11.8 Å². The number of rotatable bonds is 3. The van der Waals surface area contributed by atoms with Gasteiger partial charge < -0.3 is 14.7 Å². The lowest BCUT2D eigenvalue weighted by Gasteiger charge is -2.46. The molecule has 2 saturated heterocycles. The molecule has 0 radical (unpaired) electrons. The van der Waals surface area contributed by atoms with Gasteiger partial charge in [-0.15, -0.1) is 0 Å². The molecule has 1 N–H and O–H groups in total. The van der Waals surface area contributed by atoms with E-state index in [9.17, 15) is 5.11 Å². The molecular formula is C11H21NO2S. The molecule has 0 aromatic carbocycles. The van der Waals surface area contributed by atoms with Crippen molar-refractivity contribution < 1.29 is 9.84 Å². The zero-order valence-corrected chi connectivity index (χ0v) is 10.5. The first kappa shape index (κ1) is 11.7. The monoisotopic (exact) mass is 231 g/mol. The summed E-state index contributed by atoms with van der Waals surface area (Å²) in [6, 6.07) is 0. The molecule has 0 bridgehead atoms. The van der Waals surface area contributed by atoms with E-state index in [1.165, 1.54) is 5.75 Å². The second kappa shape index (κ2) is 4.24. The van der Waals surface area contributed by atoms with Crippen molar-refractivity contribution >= 4 is 11.8 Å². The second-order valence-electron chi connectivity index (χ2n) is 5.47. The molecular weight excluding hydrogens is 210 g/mol. The fourth-order valence-electron chi connectivity index (χ4n) is 2.35. The normalized spacial score (nSPS) is 29.8. The summed E-state index contributed by atoms with van der Waals surface area (Å²) in [5.41, 5.74) is 0.0398. The van der Waals surface area contributed by atoms with E-state index in [2.05, 4.69) is 18.7 Å². The van der Waals surface area contributed by atoms with Gasteiger partial charge in [0.05, 0.1) is 25.2 Å². The van der Waals surface area contributed by atoms with Crippen molar-refractivity contribution in [1.82, 2.24) is 4.90 Å². The van der Waals surface area contributed by atoms with Gasteiger partial charge in [0.25, 0.3) is 0 Å². The van der Waals surface area contributed by atoms with Gasteiger partial charge >= 0.3 is 0 Å². The predicted octanol–water partition coefficient (Wildman–Crippen LogP) is 0.823. The molecule has 0 atom stereocenters. The first-order valence-corrected chi connectivity index (χ1v) is 6.59. The zero-order valence-electron chi connectivity index (χ0n) is 9.66. The SMILES string of the molecule is CC1(C)CN(CC2(CO)COC2)CCS1. The minimum atomic E-state index is 0.0398. The summed E-state index contributed by atoms with van der Waals surface area (Å²) in [5.74, 6) is 1.20. The fourth-order valence-corrected chi connectivity index (χ4v) is 3.52. The van der Waals surface area contributed by atoms with Crippen LogP contribution < -0.4 is 0 Å². The van der Waals surface area contributed by atoms with Crippen LogP contribution in [0.4, 0.5) is 0 Å². The highest BCUT2D eigenvalue weighted by Gasteiger charge is 2.41. The largest absolute Gasteiger partial charge is 0.396 e. The summed E-state index contributed by atoms with van der Waals surface area (Å²) in [5, 5.41) is 9.39. The summed E-state index contributed by atoms with van der Waals surface area (Å²) in [6.45, 7) is 9.58. The molecule has 0 aromatic heterocycles. The second-order valence-corrected chi connectivity index (χ2v) is 7.27. The third-order valence-corrected chi connectivity index (χ3v) is 4.51. The Labute approximate surface area is 96.2 Å². The summed E-state index contributed by atoms with van der Waals surface area (Å²) < 4.78 is 5.59. The number of aliphatic hydroxyl groups excluding tert-OH is 1. The van der Waals surface area contributed by atoms with Crippen molar-refractivity contribution in [2.24, 2.45) is 5.41 Å². The Balaban J connectivity index is 1.88. The van der Waals surface area contributed by atoms with Crippen LogP contribution in [0.25, 0.3) is 0 Å². The summed E-state index contributed by atoms with van der Waals surface area (Å²) in [4.78, 5) is 2.48. The molecule has 2 fully saturated rings. The third kappa shape index (κ3) is 2.67. The van der Waals surface area contributed by atoms with Gasteiger partial charge in [0.15, 0.2) is 0 Å². The molecule has 0 aliphatic carbocycles. The third-order valence-electron chi connectivity index (χ3n) is 3.22. The van der Waals surface area contributed by atoms with Crippen LogP contribution in [0.3, 0.4) is 0 Å². The van der Waals surface area contributed by atoms with Gasteiger partial charge in [-0.3, -0.25) is 0 Å². The summed E-state index contributed by atoms with van der Waals surface area (Å²) in [7, 11) is 0. The van der Waals surface area contributed by atoms with E-state index in [-0.39, 0.29) is 12.0 Å². The average Bonchev–Trinajstić information content (AvgIpc) is 2.10. The van der Waals surface area contributed by atoms with E-state index in [0.29, 0.717) is 4.75 Å². The molecule has 2 rings (SSSR count). The molecule has 2 aliphatic heterocycles. The van der Waals surface area contributed by atoms with E-state index < -0.39 is 0 Å². The standard InChI is InChI=1S/C11H21NO2S/c1-10(2)5-12(3-4-15-10)6-11(7-13)8-14-9-11/h13H,3-9H2,1-2H3. The molecule has 4 heteroatoms. The minimum absolute atomic E-state index is 0.0398. The lowest BCUT2D eigenvalue weighted by Crippen LogP contribution is -2.56. The number of hydrogen-bond donors (Lipinski definition) is 1. The van der Waals surface area contributed by atoms with Crippen molar-refractivity contribution in [3.8, 4) is 0 Å². The van der Waals surface area contributed by atoms with E-state index in [0.717, 1.165) is 32.8 Å². The Morgan fingerprint density at radius 1 is 1.40 bits per heavy atom. The molecule has 88 valence electrons. The first-order valence-electron chi connectivity index (χ1n) is 5.60. The Bertz CT molecular complexity index is 223. The number of nitrogens with zero attached hydrogens (tertiary/aromatic N) is 1. The molecule has 0 spiro atoms. The number of thioether (sulfide) groups is 1. The molecule has 0 amide bonds. The molecule has 0 aromatic rings. The summed E-state index contributed by atoms with van der Waals surface area (Å²) in [6.07, 6.45) is 0. The van der Waals surface area contributed by atoms with Gasteiger partial charge in [-0.25, -0.2) is 0 Å². The Morgan fingerprint density at radius 2 is 2.13 bits per heavy atom. The topological polar surface area (TPSA) is 32.7 Å². The predicted molar refractivity (Wildman–Crippen MR) is 63.3 cm³/mol. The highest BCUT2D eigenvalue weighted by molar-refractivity contribution is 8.00.